The van der Waals surface area contributed by atoms with Gasteiger partial charge in [-0.15, -0.1) is 0 Å². The molecule has 0 fully saturated rings. The minimum Gasteiger partial charge on any atom is -0.508 e. The Morgan fingerprint density at radius 2 is 2.00 bits per heavy atom. The average molecular weight is 292 g/mol. The molecular formula is C19H16O3. The van der Waals surface area contributed by atoms with Gasteiger partial charge in [-0.25, -0.2) is 0 Å². The van der Waals surface area contributed by atoms with Gasteiger partial charge in [-0.1, -0.05) is 36.4 Å². The first-order chi connectivity index (χ1) is 10.6. The van der Waals surface area contributed by atoms with Gasteiger partial charge in [-0.3, -0.25) is 4.79 Å². The smallest absolute Gasteiger partial charge is 0.185 e. The largest absolute Gasteiger partial charge is 0.508 e. The molecule has 0 saturated heterocycles. The highest BCUT2D eigenvalue weighted by atomic mass is 16.5. The molecule has 0 bridgehead atoms. The van der Waals surface area contributed by atoms with Gasteiger partial charge in [0.15, 0.2) is 5.78 Å². The highest BCUT2D eigenvalue weighted by Crippen LogP contribution is 2.29. The van der Waals surface area contributed by atoms with Crippen LogP contribution in [0.5, 0.6) is 11.5 Å². The first kappa shape index (κ1) is 14.1. The van der Waals surface area contributed by atoms with Gasteiger partial charge in [0.2, 0.25) is 0 Å². The Balaban J connectivity index is 1.83. The monoisotopic (exact) mass is 292 g/mol. The highest BCUT2D eigenvalue weighted by Gasteiger charge is 2.16. The summed E-state index contributed by atoms with van der Waals surface area (Å²) in [5, 5.41) is 9.42. The van der Waals surface area contributed by atoms with E-state index in [9.17, 15) is 9.90 Å². The fraction of sp³-hybridized carbons (Fsp3) is 0.105. The number of carbonyl (C=O) groups excluding carboxylic acids is 1. The van der Waals surface area contributed by atoms with Crippen LogP contribution in [0, 0.1) is 0 Å². The van der Waals surface area contributed by atoms with Crippen LogP contribution in [0.25, 0.3) is 6.08 Å². The molecule has 0 radical (unpaired) electrons. The fourth-order valence-corrected chi connectivity index (χ4v) is 2.37. The molecule has 110 valence electrons. The van der Waals surface area contributed by atoms with Crippen molar-refractivity contribution in [3.8, 4) is 11.5 Å². The van der Waals surface area contributed by atoms with E-state index in [1.165, 1.54) is 18.2 Å². The lowest BCUT2D eigenvalue weighted by Gasteiger charge is -2.22. The number of fused-ring (bicyclic) bond motifs is 1. The maximum absolute atomic E-state index is 12.1. The Bertz CT molecular complexity index is 772. The van der Waals surface area contributed by atoms with Crippen LogP contribution in [0.3, 0.4) is 0 Å². The number of rotatable bonds is 3. The van der Waals surface area contributed by atoms with E-state index in [0.717, 1.165) is 16.9 Å². The molecule has 1 unspecified atom stereocenters. The summed E-state index contributed by atoms with van der Waals surface area (Å²) in [5.74, 6) is 0.788. The standard InChI is InChI=1S/C19H16O3/c1-13-14(11-16-5-2-3-8-19(16)22-13)9-10-18(21)15-6-4-7-17(20)12-15/h2-13,20H,1H3/b10-9+. The van der Waals surface area contributed by atoms with Crippen LogP contribution in [-0.4, -0.2) is 17.0 Å². The number of hydrogen-bond donors (Lipinski definition) is 1. The van der Waals surface area contributed by atoms with Gasteiger partial charge in [0.25, 0.3) is 0 Å². The van der Waals surface area contributed by atoms with Crippen molar-refractivity contribution in [3.63, 3.8) is 0 Å². The Kier molecular flexibility index (Phi) is 3.79. The lowest BCUT2D eigenvalue weighted by molar-refractivity contribution is 0.104. The van der Waals surface area contributed by atoms with Gasteiger partial charge in [0.1, 0.15) is 17.6 Å². The second-order valence-electron chi connectivity index (χ2n) is 5.19. The molecule has 0 saturated carbocycles. The van der Waals surface area contributed by atoms with Gasteiger partial charge in [0.05, 0.1) is 0 Å². The van der Waals surface area contributed by atoms with Crippen molar-refractivity contribution in [2.24, 2.45) is 0 Å². The summed E-state index contributed by atoms with van der Waals surface area (Å²) in [5.41, 5.74) is 2.40. The second kappa shape index (κ2) is 5.90. The number of para-hydroxylation sites is 1. The molecule has 0 aliphatic carbocycles. The van der Waals surface area contributed by atoms with E-state index in [-0.39, 0.29) is 17.6 Å². The Labute approximate surface area is 129 Å². The number of benzene rings is 2. The molecule has 22 heavy (non-hydrogen) atoms. The van der Waals surface area contributed by atoms with Crippen LogP contribution in [0.4, 0.5) is 0 Å². The maximum Gasteiger partial charge on any atom is 0.185 e. The minimum atomic E-state index is -0.150. The number of carbonyl (C=O) groups is 1. The van der Waals surface area contributed by atoms with Crippen LogP contribution >= 0.6 is 0 Å². The van der Waals surface area contributed by atoms with E-state index in [1.54, 1.807) is 18.2 Å². The van der Waals surface area contributed by atoms with Crippen LogP contribution in [0.15, 0.2) is 66.3 Å². The first-order valence-electron chi connectivity index (χ1n) is 7.12. The van der Waals surface area contributed by atoms with Crippen molar-refractivity contribution in [1.82, 2.24) is 0 Å². The summed E-state index contributed by atoms with van der Waals surface area (Å²) >= 11 is 0. The molecule has 3 rings (SSSR count). The summed E-state index contributed by atoms with van der Waals surface area (Å²) in [6.07, 6.45) is 5.19. The quantitative estimate of drug-likeness (QED) is 0.687. The van der Waals surface area contributed by atoms with Crippen molar-refractivity contribution in [3.05, 3.63) is 77.4 Å². The van der Waals surface area contributed by atoms with E-state index >= 15 is 0 Å². The Morgan fingerprint density at radius 1 is 1.18 bits per heavy atom. The van der Waals surface area contributed by atoms with Crippen LogP contribution in [-0.2, 0) is 0 Å². The molecule has 3 heteroatoms. The topological polar surface area (TPSA) is 46.5 Å². The van der Waals surface area contributed by atoms with Gasteiger partial charge in [-0.2, -0.15) is 0 Å². The summed E-state index contributed by atoms with van der Waals surface area (Å²) < 4.78 is 5.83. The third-order valence-electron chi connectivity index (χ3n) is 3.57. The molecule has 1 aliphatic rings. The number of phenolic OH excluding ortho intramolecular Hbond substituents is 1. The summed E-state index contributed by atoms with van der Waals surface area (Å²) in [7, 11) is 0. The molecule has 1 N–H and O–H groups in total. The van der Waals surface area contributed by atoms with Crippen LogP contribution in [0.1, 0.15) is 22.8 Å². The van der Waals surface area contributed by atoms with Gasteiger partial charge < -0.3 is 9.84 Å². The number of phenols is 1. The van der Waals surface area contributed by atoms with E-state index in [4.69, 9.17) is 4.74 Å². The van der Waals surface area contributed by atoms with Crippen molar-refractivity contribution in [2.45, 2.75) is 13.0 Å². The van der Waals surface area contributed by atoms with E-state index in [0.29, 0.717) is 5.56 Å². The predicted molar refractivity (Wildman–Crippen MR) is 86.1 cm³/mol. The molecule has 2 aromatic carbocycles. The normalized spacial score (nSPS) is 16.8. The van der Waals surface area contributed by atoms with Crippen LogP contribution in [0.2, 0.25) is 0 Å². The van der Waals surface area contributed by atoms with Crippen molar-refractivity contribution in [2.75, 3.05) is 0 Å². The zero-order chi connectivity index (χ0) is 15.5. The first-order valence-corrected chi connectivity index (χ1v) is 7.12. The van der Waals surface area contributed by atoms with Gasteiger partial charge in [-0.05, 0) is 42.8 Å². The molecule has 0 aromatic heterocycles. The molecule has 2 aromatic rings. The van der Waals surface area contributed by atoms with E-state index in [1.807, 2.05) is 37.3 Å². The van der Waals surface area contributed by atoms with Crippen molar-refractivity contribution >= 4 is 11.9 Å². The lowest BCUT2D eigenvalue weighted by Crippen LogP contribution is -2.17. The molecular weight excluding hydrogens is 276 g/mol. The number of ether oxygens (including phenoxy) is 1. The fourth-order valence-electron chi connectivity index (χ4n) is 2.37. The van der Waals surface area contributed by atoms with E-state index in [2.05, 4.69) is 0 Å². The molecule has 1 atom stereocenters. The highest BCUT2D eigenvalue weighted by molar-refractivity contribution is 6.05. The Morgan fingerprint density at radius 3 is 2.82 bits per heavy atom. The van der Waals surface area contributed by atoms with Crippen molar-refractivity contribution in [1.29, 1.82) is 0 Å². The third kappa shape index (κ3) is 2.93. The zero-order valence-corrected chi connectivity index (χ0v) is 12.2. The predicted octanol–water partition coefficient (Wildman–Crippen LogP) is 4.00. The number of aromatic hydroxyl groups is 1. The van der Waals surface area contributed by atoms with Gasteiger partial charge >= 0.3 is 0 Å². The van der Waals surface area contributed by atoms with Gasteiger partial charge in [0, 0.05) is 11.1 Å². The zero-order valence-electron chi connectivity index (χ0n) is 12.2. The lowest BCUT2D eigenvalue weighted by atomic mass is 10.0. The summed E-state index contributed by atoms with van der Waals surface area (Å²) in [6.45, 7) is 1.95. The molecule has 3 nitrogen and oxygen atoms in total. The molecule has 1 aliphatic heterocycles. The number of ketones is 1. The van der Waals surface area contributed by atoms with Crippen molar-refractivity contribution < 1.29 is 14.6 Å². The average Bonchev–Trinajstić information content (AvgIpc) is 2.52. The molecule has 0 spiro atoms. The SMILES string of the molecule is CC1Oc2ccccc2C=C1/C=C/C(=O)c1cccc(O)c1. The number of hydrogen-bond acceptors (Lipinski definition) is 3. The summed E-state index contributed by atoms with van der Waals surface area (Å²) in [6, 6.07) is 14.1. The van der Waals surface area contributed by atoms with Crippen LogP contribution < -0.4 is 4.74 Å². The third-order valence-corrected chi connectivity index (χ3v) is 3.57. The number of allylic oxidation sites excluding steroid dienone is 1. The Hall–Kier alpha value is -2.81. The van der Waals surface area contributed by atoms with E-state index < -0.39 is 0 Å². The second-order valence-corrected chi connectivity index (χ2v) is 5.19. The molecule has 1 heterocycles. The maximum atomic E-state index is 12.1. The minimum absolute atomic E-state index is 0.0850. The summed E-state index contributed by atoms with van der Waals surface area (Å²) in [4.78, 5) is 12.1. The molecule has 0 amide bonds.